The maximum Gasteiger partial charge on any atom is 0.320 e. The van der Waals surface area contributed by atoms with Crippen molar-refractivity contribution < 1.29 is 14.7 Å². The van der Waals surface area contributed by atoms with Crippen molar-refractivity contribution in [2.24, 2.45) is 5.73 Å². The highest BCUT2D eigenvalue weighted by atomic mass is 16.4. The molecular formula is C15H15N3O3. The number of amides is 1. The van der Waals surface area contributed by atoms with E-state index in [1.165, 1.54) is 6.20 Å². The van der Waals surface area contributed by atoms with Crippen LogP contribution in [-0.2, 0) is 11.2 Å². The second-order valence-corrected chi connectivity index (χ2v) is 4.54. The number of nitrogens with two attached hydrogens (primary N) is 1. The summed E-state index contributed by atoms with van der Waals surface area (Å²) < 4.78 is 0. The summed E-state index contributed by atoms with van der Waals surface area (Å²) in [6.45, 7) is 0. The van der Waals surface area contributed by atoms with Gasteiger partial charge in [-0.2, -0.15) is 0 Å². The summed E-state index contributed by atoms with van der Waals surface area (Å²) in [5, 5.41) is 11.5. The average Bonchev–Trinajstić information content (AvgIpc) is 2.50. The minimum absolute atomic E-state index is 0.242. The zero-order valence-electron chi connectivity index (χ0n) is 11.2. The number of aromatic nitrogens is 1. The first-order chi connectivity index (χ1) is 10.1. The van der Waals surface area contributed by atoms with Crippen molar-refractivity contribution in [3.8, 4) is 0 Å². The smallest absolute Gasteiger partial charge is 0.320 e. The molecule has 0 fully saturated rings. The van der Waals surface area contributed by atoms with Gasteiger partial charge in [0.1, 0.15) is 6.04 Å². The van der Waals surface area contributed by atoms with E-state index in [1.807, 2.05) is 0 Å². The van der Waals surface area contributed by atoms with Gasteiger partial charge in [-0.15, -0.1) is 0 Å². The minimum Gasteiger partial charge on any atom is -0.480 e. The zero-order chi connectivity index (χ0) is 15.2. The first-order valence-corrected chi connectivity index (χ1v) is 6.35. The fourth-order valence-electron chi connectivity index (χ4n) is 1.77. The number of hydrogen-bond acceptors (Lipinski definition) is 4. The molecule has 0 aliphatic heterocycles. The van der Waals surface area contributed by atoms with Crippen LogP contribution in [-0.4, -0.2) is 28.0 Å². The van der Waals surface area contributed by atoms with E-state index in [4.69, 9.17) is 10.8 Å². The van der Waals surface area contributed by atoms with Crippen LogP contribution in [0.25, 0.3) is 0 Å². The zero-order valence-corrected chi connectivity index (χ0v) is 11.2. The predicted octanol–water partition coefficient (Wildman–Crippen LogP) is 1.29. The SMILES string of the molecule is NC(Cc1ccc(NC(=O)c2cccnc2)cc1)C(=O)O. The van der Waals surface area contributed by atoms with Crippen LogP contribution >= 0.6 is 0 Å². The van der Waals surface area contributed by atoms with Gasteiger partial charge >= 0.3 is 5.97 Å². The number of nitrogens with one attached hydrogen (secondary N) is 1. The predicted molar refractivity (Wildman–Crippen MR) is 77.9 cm³/mol. The number of anilines is 1. The molecule has 4 N–H and O–H groups in total. The number of aliphatic carboxylic acids is 1. The van der Waals surface area contributed by atoms with Gasteiger partial charge in [-0.3, -0.25) is 14.6 Å². The lowest BCUT2D eigenvalue weighted by Crippen LogP contribution is -2.32. The Morgan fingerprint density at radius 1 is 1.24 bits per heavy atom. The second kappa shape index (κ2) is 6.62. The minimum atomic E-state index is -1.04. The third-order valence-electron chi connectivity index (χ3n) is 2.91. The molecule has 108 valence electrons. The molecule has 0 aliphatic carbocycles. The molecule has 1 aromatic heterocycles. The highest BCUT2D eigenvalue weighted by Crippen LogP contribution is 2.12. The number of rotatable bonds is 5. The monoisotopic (exact) mass is 285 g/mol. The summed E-state index contributed by atoms with van der Waals surface area (Å²) >= 11 is 0. The maximum absolute atomic E-state index is 11.9. The number of benzene rings is 1. The Kier molecular flexibility index (Phi) is 4.63. The molecule has 0 radical (unpaired) electrons. The number of carboxylic acid groups (broad SMARTS) is 1. The summed E-state index contributed by atoms with van der Waals surface area (Å²) in [7, 11) is 0. The van der Waals surface area contributed by atoms with Gasteiger partial charge in [-0.25, -0.2) is 0 Å². The van der Waals surface area contributed by atoms with Crippen LogP contribution in [0.1, 0.15) is 15.9 Å². The third kappa shape index (κ3) is 4.12. The molecule has 6 heteroatoms. The topological polar surface area (TPSA) is 105 Å². The number of carboxylic acids is 1. The van der Waals surface area contributed by atoms with Crippen molar-refractivity contribution >= 4 is 17.6 Å². The van der Waals surface area contributed by atoms with Crippen LogP contribution in [0.5, 0.6) is 0 Å². The van der Waals surface area contributed by atoms with E-state index in [1.54, 1.807) is 42.6 Å². The van der Waals surface area contributed by atoms with Gasteiger partial charge in [0.15, 0.2) is 0 Å². The Labute approximate surface area is 121 Å². The van der Waals surface area contributed by atoms with Crippen molar-refractivity contribution in [2.45, 2.75) is 12.5 Å². The van der Waals surface area contributed by atoms with E-state index in [2.05, 4.69) is 10.3 Å². The highest BCUT2D eigenvalue weighted by Gasteiger charge is 2.12. The fourth-order valence-corrected chi connectivity index (χ4v) is 1.77. The van der Waals surface area contributed by atoms with Crippen molar-refractivity contribution in [1.82, 2.24) is 4.98 Å². The van der Waals surface area contributed by atoms with Crippen LogP contribution < -0.4 is 11.1 Å². The van der Waals surface area contributed by atoms with E-state index in [0.29, 0.717) is 11.3 Å². The molecule has 6 nitrogen and oxygen atoms in total. The van der Waals surface area contributed by atoms with Crippen LogP contribution in [0.2, 0.25) is 0 Å². The van der Waals surface area contributed by atoms with Crippen LogP contribution in [0.15, 0.2) is 48.8 Å². The maximum atomic E-state index is 11.9. The normalized spacial score (nSPS) is 11.7. The molecule has 1 aromatic carbocycles. The lowest BCUT2D eigenvalue weighted by atomic mass is 10.1. The molecule has 1 heterocycles. The molecule has 2 rings (SSSR count). The van der Waals surface area contributed by atoms with E-state index in [-0.39, 0.29) is 12.3 Å². The number of hydrogen-bond donors (Lipinski definition) is 3. The van der Waals surface area contributed by atoms with Gasteiger partial charge in [0.05, 0.1) is 5.56 Å². The van der Waals surface area contributed by atoms with E-state index in [9.17, 15) is 9.59 Å². The van der Waals surface area contributed by atoms with Gasteiger partial charge < -0.3 is 16.2 Å². The Balaban J connectivity index is 2.00. The first-order valence-electron chi connectivity index (χ1n) is 6.35. The lowest BCUT2D eigenvalue weighted by Gasteiger charge is -2.08. The number of carbonyl (C=O) groups is 2. The summed E-state index contributed by atoms with van der Waals surface area (Å²) in [6.07, 6.45) is 3.32. The standard InChI is InChI=1S/C15H15N3O3/c16-13(15(20)21)8-10-3-5-12(6-4-10)18-14(19)11-2-1-7-17-9-11/h1-7,9,13H,8,16H2,(H,18,19)(H,20,21). The average molecular weight is 285 g/mol. The highest BCUT2D eigenvalue weighted by molar-refractivity contribution is 6.03. The van der Waals surface area contributed by atoms with Crippen molar-refractivity contribution in [1.29, 1.82) is 0 Å². The van der Waals surface area contributed by atoms with Gasteiger partial charge in [0.25, 0.3) is 5.91 Å². The molecule has 1 atom stereocenters. The largest absolute Gasteiger partial charge is 0.480 e. The molecule has 2 aromatic rings. The van der Waals surface area contributed by atoms with E-state index < -0.39 is 12.0 Å². The lowest BCUT2D eigenvalue weighted by molar-refractivity contribution is -0.138. The molecule has 21 heavy (non-hydrogen) atoms. The Hall–Kier alpha value is -2.73. The summed E-state index contributed by atoms with van der Waals surface area (Å²) in [5.74, 6) is -1.29. The quantitative estimate of drug-likeness (QED) is 0.767. The molecule has 0 bridgehead atoms. The second-order valence-electron chi connectivity index (χ2n) is 4.54. The van der Waals surface area contributed by atoms with Gasteiger partial charge in [-0.05, 0) is 36.2 Å². The first kappa shape index (κ1) is 14.7. The van der Waals surface area contributed by atoms with E-state index >= 15 is 0 Å². The van der Waals surface area contributed by atoms with Crippen molar-refractivity contribution in [3.63, 3.8) is 0 Å². The van der Waals surface area contributed by atoms with Gasteiger partial charge in [-0.1, -0.05) is 12.1 Å². The molecule has 0 saturated carbocycles. The summed E-state index contributed by atoms with van der Waals surface area (Å²) in [5.41, 5.74) is 7.35. The van der Waals surface area contributed by atoms with Crippen molar-refractivity contribution in [2.75, 3.05) is 5.32 Å². The summed E-state index contributed by atoms with van der Waals surface area (Å²) in [6, 6.07) is 9.31. The third-order valence-corrected chi connectivity index (χ3v) is 2.91. The van der Waals surface area contributed by atoms with E-state index in [0.717, 1.165) is 5.56 Å². The van der Waals surface area contributed by atoms with Gasteiger partial charge in [0, 0.05) is 18.1 Å². The number of nitrogens with zero attached hydrogens (tertiary/aromatic N) is 1. The van der Waals surface area contributed by atoms with Crippen LogP contribution in [0, 0.1) is 0 Å². The Morgan fingerprint density at radius 3 is 2.52 bits per heavy atom. The molecule has 0 spiro atoms. The van der Waals surface area contributed by atoms with Crippen LogP contribution in [0.4, 0.5) is 5.69 Å². The van der Waals surface area contributed by atoms with Crippen molar-refractivity contribution in [3.05, 3.63) is 59.9 Å². The Bertz CT molecular complexity index is 626. The summed E-state index contributed by atoms with van der Waals surface area (Å²) in [4.78, 5) is 26.5. The fraction of sp³-hybridized carbons (Fsp3) is 0.133. The number of pyridine rings is 1. The molecule has 0 aliphatic rings. The molecule has 1 amide bonds. The van der Waals surface area contributed by atoms with Crippen LogP contribution in [0.3, 0.4) is 0 Å². The molecular weight excluding hydrogens is 270 g/mol. The Morgan fingerprint density at radius 2 is 1.95 bits per heavy atom. The van der Waals surface area contributed by atoms with Gasteiger partial charge in [0.2, 0.25) is 0 Å². The number of carbonyl (C=O) groups excluding carboxylic acids is 1. The molecule has 1 unspecified atom stereocenters. The molecule has 0 saturated heterocycles.